The van der Waals surface area contributed by atoms with Gasteiger partial charge in [-0.15, -0.1) is 0 Å². The largest absolute Gasteiger partial charge is 0.497 e. The number of carbonyl (C=O) groups is 2. The summed E-state index contributed by atoms with van der Waals surface area (Å²) in [5.74, 6) is 0.381. The maximum Gasteiger partial charge on any atom is 0.250 e. The maximum atomic E-state index is 12.0. The number of nitrogens with one attached hydrogen (secondary N) is 3. The van der Waals surface area contributed by atoms with Gasteiger partial charge in [-0.2, -0.15) is 0 Å². The minimum absolute atomic E-state index is 0.0245. The molecule has 0 spiro atoms. The van der Waals surface area contributed by atoms with Crippen molar-refractivity contribution in [2.45, 2.75) is 26.2 Å². The summed E-state index contributed by atoms with van der Waals surface area (Å²) in [6.45, 7) is 2.04. The minimum atomic E-state index is -0.345. The van der Waals surface area contributed by atoms with Crippen molar-refractivity contribution >= 4 is 46.6 Å². The van der Waals surface area contributed by atoms with Crippen molar-refractivity contribution in [1.82, 2.24) is 5.32 Å². The van der Waals surface area contributed by atoms with Gasteiger partial charge in [-0.05, 0) is 60.6 Å². The van der Waals surface area contributed by atoms with Crippen LogP contribution < -0.4 is 20.7 Å². The molecule has 0 aliphatic rings. The average molecular weight is 412 g/mol. The first-order valence-corrected chi connectivity index (χ1v) is 9.75. The van der Waals surface area contributed by atoms with Crippen LogP contribution in [0.15, 0.2) is 54.6 Å². The summed E-state index contributed by atoms with van der Waals surface area (Å²) in [5.41, 5.74) is 2.21. The second kappa shape index (κ2) is 11.6. The Kier molecular flexibility index (Phi) is 8.85. The highest BCUT2D eigenvalue weighted by molar-refractivity contribution is 7.80. The number of amides is 2. The third kappa shape index (κ3) is 8.15. The monoisotopic (exact) mass is 411 g/mol. The first kappa shape index (κ1) is 22.1. The molecule has 0 aliphatic heterocycles. The third-order valence-corrected chi connectivity index (χ3v) is 4.15. The molecule has 6 nitrogen and oxygen atoms in total. The number of rotatable bonds is 8. The van der Waals surface area contributed by atoms with E-state index in [4.69, 9.17) is 17.0 Å². The van der Waals surface area contributed by atoms with Crippen LogP contribution in [0, 0.1) is 0 Å². The minimum Gasteiger partial charge on any atom is -0.497 e. The van der Waals surface area contributed by atoms with Gasteiger partial charge in [0.25, 0.3) is 0 Å². The molecule has 0 radical (unpaired) electrons. The summed E-state index contributed by atoms with van der Waals surface area (Å²) >= 11 is 5.18. The summed E-state index contributed by atoms with van der Waals surface area (Å²) in [6.07, 6.45) is 5.40. The van der Waals surface area contributed by atoms with Crippen LogP contribution in [0.5, 0.6) is 5.75 Å². The molecule has 0 unspecified atom stereocenters. The number of benzene rings is 2. The smallest absolute Gasteiger partial charge is 0.250 e. The van der Waals surface area contributed by atoms with E-state index in [1.165, 1.54) is 6.08 Å². The van der Waals surface area contributed by atoms with E-state index < -0.39 is 0 Å². The summed E-state index contributed by atoms with van der Waals surface area (Å²) in [6, 6.07) is 14.5. The zero-order chi connectivity index (χ0) is 21.1. The highest BCUT2D eigenvalue weighted by Gasteiger charge is 2.05. The Bertz CT molecular complexity index is 879. The molecular formula is C22H25N3O3S. The molecule has 0 aromatic heterocycles. The van der Waals surface area contributed by atoms with Crippen LogP contribution in [0.1, 0.15) is 31.7 Å². The van der Waals surface area contributed by atoms with Crippen molar-refractivity contribution in [2.75, 3.05) is 17.7 Å². The Balaban J connectivity index is 1.86. The van der Waals surface area contributed by atoms with Crippen molar-refractivity contribution in [3.63, 3.8) is 0 Å². The Labute approximate surface area is 176 Å². The number of carbonyl (C=O) groups excluding carboxylic acids is 2. The predicted octanol–water partition coefficient (Wildman–Crippen LogP) is 4.35. The van der Waals surface area contributed by atoms with Gasteiger partial charge in [-0.25, -0.2) is 0 Å². The van der Waals surface area contributed by atoms with Gasteiger partial charge in [0.05, 0.1) is 7.11 Å². The first-order chi connectivity index (χ1) is 14.0. The second-order valence-corrected chi connectivity index (χ2v) is 6.69. The van der Waals surface area contributed by atoms with Crippen LogP contribution in [0.3, 0.4) is 0 Å². The Morgan fingerprint density at radius 1 is 1.07 bits per heavy atom. The zero-order valence-corrected chi connectivity index (χ0v) is 17.3. The lowest BCUT2D eigenvalue weighted by molar-refractivity contribution is -0.116. The highest BCUT2D eigenvalue weighted by atomic mass is 32.1. The van der Waals surface area contributed by atoms with E-state index in [1.54, 1.807) is 37.5 Å². The van der Waals surface area contributed by atoms with Gasteiger partial charge in [0.2, 0.25) is 11.8 Å². The lowest BCUT2D eigenvalue weighted by Crippen LogP contribution is -2.32. The predicted molar refractivity (Wildman–Crippen MR) is 121 cm³/mol. The fraction of sp³-hybridized carbons (Fsp3) is 0.227. The summed E-state index contributed by atoms with van der Waals surface area (Å²) in [5, 5.41) is 8.55. The van der Waals surface area contributed by atoms with Gasteiger partial charge in [0.1, 0.15) is 5.75 Å². The van der Waals surface area contributed by atoms with Crippen molar-refractivity contribution in [1.29, 1.82) is 0 Å². The van der Waals surface area contributed by atoms with E-state index in [0.717, 1.165) is 24.2 Å². The van der Waals surface area contributed by atoms with Crippen LogP contribution in [-0.4, -0.2) is 24.0 Å². The molecule has 7 heteroatoms. The fourth-order valence-electron chi connectivity index (χ4n) is 2.44. The van der Waals surface area contributed by atoms with Crippen LogP contribution in [0.4, 0.5) is 11.4 Å². The van der Waals surface area contributed by atoms with Crippen molar-refractivity contribution in [3.05, 3.63) is 60.2 Å². The van der Waals surface area contributed by atoms with E-state index in [1.807, 2.05) is 31.2 Å². The number of methoxy groups -OCH3 is 1. The highest BCUT2D eigenvalue weighted by Crippen LogP contribution is 2.16. The van der Waals surface area contributed by atoms with E-state index in [9.17, 15) is 9.59 Å². The van der Waals surface area contributed by atoms with Crippen LogP contribution >= 0.6 is 12.2 Å². The van der Waals surface area contributed by atoms with Crippen LogP contribution in [0.25, 0.3) is 6.08 Å². The summed E-state index contributed by atoms with van der Waals surface area (Å²) in [7, 11) is 1.60. The Hall–Kier alpha value is -3.19. The molecule has 2 rings (SSSR count). The fourth-order valence-corrected chi connectivity index (χ4v) is 2.66. The molecule has 0 atom stereocenters. The van der Waals surface area contributed by atoms with Crippen molar-refractivity contribution in [2.24, 2.45) is 0 Å². The molecule has 2 aromatic carbocycles. The van der Waals surface area contributed by atoms with E-state index >= 15 is 0 Å². The molecule has 0 aliphatic carbocycles. The standard InChI is InChI=1S/C22H25N3O3S/c1-3-4-8-20(26)23-17-6-5-7-18(15-17)24-22(29)25-21(27)14-11-16-9-12-19(28-2)13-10-16/h5-7,9-15H,3-4,8H2,1-2H3,(H,23,26)(H2,24,25,27,29)/b14-11+. The van der Waals surface area contributed by atoms with Crippen LogP contribution in [-0.2, 0) is 9.59 Å². The molecule has 0 saturated heterocycles. The number of anilines is 2. The van der Waals surface area contributed by atoms with Gasteiger partial charge in [-0.1, -0.05) is 31.5 Å². The molecule has 0 bridgehead atoms. The first-order valence-electron chi connectivity index (χ1n) is 9.34. The maximum absolute atomic E-state index is 12.0. The topological polar surface area (TPSA) is 79.5 Å². The number of unbranched alkanes of at least 4 members (excludes halogenated alkanes) is 1. The third-order valence-electron chi connectivity index (χ3n) is 3.94. The molecule has 3 N–H and O–H groups in total. The summed E-state index contributed by atoms with van der Waals surface area (Å²) in [4.78, 5) is 23.9. The molecule has 2 amide bonds. The molecule has 2 aromatic rings. The van der Waals surface area contributed by atoms with E-state index in [2.05, 4.69) is 16.0 Å². The van der Waals surface area contributed by atoms with E-state index in [0.29, 0.717) is 17.8 Å². The summed E-state index contributed by atoms with van der Waals surface area (Å²) < 4.78 is 5.10. The number of hydrogen-bond acceptors (Lipinski definition) is 4. The normalized spacial score (nSPS) is 10.4. The van der Waals surface area contributed by atoms with Gasteiger partial charge in [0.15, 0.2) is 5.11 Å². The average Bonchev–Trinajstić information content (AvgIpc) is 2.71. The number of thiocarbonyl (C=S) groups is 1. The molecule has 0 saturated carbocycles. The van der Waals surface area contributed by atoms with Gasteiger partial charge >= 0.3 is 0 Å². The van der Waals surface area contributed by atoms with Crippen LogP contribution in [0.2, 0.25) is 0 Å². The van der Waals surface area contributed by atoms with Crippen molar-refractivity contribution < 1.29 is 14.3 Å². The lowest BCUT2D eigenvalue weighted by atomic mass is 10.2. The van der Waals surface area contributed by atoms with Crippen molar-refractivity contribution in [3.8, 4) is 5.75 Å². The number of ether oxygens (including phenoxy) is 1. The zero-order valence-electron chi connectivity index (χ0n) is 16.5. The quantitative estimate of drug-likeness (QED) is 0.445. The molecular weight excluding hydrogens is 386 g/mol. The van der Waals surface area contributed by atoms with Gasteiger partial charge in [-0.3, -0.25) is 14.9 Å². The Morgan fingerprint density at radius 3 is 2.41 bits per heavy atom. The Morgan fingerprint density at radius 2 is 1.76 bits per heavy atom. The second-order valence-electron chi connectivity index (χ2n) is 6.28. The van der Waals surface area contributed by atoms with Gasteiger partial charge < -0.3 is 15.4 Å². The molecule has 29 heavy (non-hydrogen) atoms. The lowest BCUT2D eigenvalue weighted by Gasteiger charge is -2.10. The molecule has 0 heterocycles. The molecule has 152 valence electrons. The SMILES string of the molecule is CCCCC(=O)Nc1cccc(NC(=S)NC(=O)/C=C/c2ccc(OC)cc2)c1. The molecule has 0 fully saturated rings. The van der Waals surface area contributed by atoms with E-state index in [-0.39, 0.29) is 16.9 Å². The van der Waals surface area contributed by atoms with Gasteiger partial charge in [0, 0.05) is 23.9 Å². The number of hydrogen-bond donors (Lipinski definition) is 3.